The Balaban J connectivity index is 3.50. The second kappa shape index (κ2) is 44.1. The van der Waals surface area contributed by atoms with Crippen LogP contribution in [0.5, 0.6) is 0 Å². The highest BCUT2D eigenvalue weighted by Crippen LogP contribution is 2.15. The standard InChI is InChI=1S/C48H91NO5/c1-3-5-7-9-11-13-15-16-19-22-26-30-34-38-42-48(53)54-43-39-35-31-27-23-20-17-18-21-25-29-33-37-41-47(52)49-45(44-50)46(51)40-36-32-28-24-14-12-10-8-6-4-2/h15-16,18,21,45-46,50-51H,3-14,17,19-20,22-44H2,1-2H3,(H,49,52)/b16-15-,21-18-. The lowest BCUT2D eigenvalue weighted by Gasteiger charge is -2.22. The Morgan fingerprint density at radius 1 is 0.500 bits per heavy atom. The fourth-order valence-corrected chi connectivity index (χ4v) is 7.04. The molecule has 6 nitrogen and oxygen atoms in total. The van der Waals surface area contributed by atoms with Crippen LogP contribution in [0.25, 0.3) is 0 Å². The molecule has 0 saturated carbocycles. The second-order valence-corrected chi connectivity index (χ2v) is 16.1. The topological polar surface area (TPSA) is 95.9 Å². The molecule has 0 aromatic carbocycles. The van der Waals surface area contributed by atoms with E-state index in [4.69, 9.17) is 4.74 Å². The summed E-state index contributed by atoms with van der Waals surface area (Å²) in [5, 5.41) is 23.0. The van der Waals surface area contributed by atoms with Crippen LogP contribution in [0.4, 0.5) is 0 Å². The summed E-state index contributed by atoms with van der Waals surface area (Å²) in [4.78, 5) is 24.4. The first-order chi connectivity index (χ1) is 26.5. The van der Waals surface area contributed by atoms with Gasteiger partial charge in [0.15, 0.2) is 0 Å². The number of carbonyl (C=O) groups is 2. The molecule has 318 valence electrons. The minimum absolute atomic E-state index is 0.0219. The van der Waals surface area contributed by atoms with Crippen LogP contribution in [-0.4, -0.2) is 47.4 Å². The molecule has 0 aliphatic rings. The van der Waals surface area contributed by atoms with E-state index in [0.29, 0.717) is 25.9 Å². The lowest BCUT2D eigenvalue weighted by molar-refractivity contribution is -0.143. The second-order valence-electron chi connectivity index (χ2n) is 16.1. The number of esters is 1. The Morgan fingerprint density at radius 3 is 1.33 bits per heavy atom. The molecule has 2 unspecified atom stereocenters. The number of allylic oxidation sites excluding steroid dienone is 4. The van der Waals surface area contributed by atoms with E-state index >= 15 is 0 Å². The molecule has 0 saturated heterocycles. The third-order valence-corrected chi connectivity index (χ3v) is 10.7. The quantitative estimate of drug-likeness (QED) is 0.0327. The van der Waals surface area contributed by atoms with Crippen molar-refractivity contribution in [2.45, 2.75) is 257 Å². The molecule has 0 aromatic rings. The van der Waals surface area contributed by atoms with Gasteiger partial charge in [-0.15, -0.1) is 0 Å². The number of amides is 1. The number of carbonyl (C=O) groups excluding carboxylic acids is 2. The molecule has 0 spiro atoms. The Labute approximate surface area is 335 Å². The first kappa shape index (κ1) is 52.3. The molecule has 0 fully saturated rings. The molecule has 0 radical (unpaired) electrons. The van der Waals surface area contributed by atoms with Crippen LogP contribution < -0.4 is 5.32 Å². The maximum absolute atomic E-state index is 12.4. The van der Waals surface area contributed by atoms with E-state index in [1.54, 1.807) is 0 Å². The summed E-state index contributed by atoms with van der Waals surface area (Å²) in [6.45, 7) is 4.87. The van der Waals surface area contributed by atoms with Crippen LogP contribution in [-0.2, 0) is 14.3 Å². The summed E-state index contributed by atoms with van der Waals surface area (Å²) < 4.78 is 5.44. The van der Waals surface area contributed by atoms with Gasteiger partial charge >= 0.3 is 5.97 Å². The normalized spacial score (nSPS) is 12.9. The van der Waals surface area contributed by atoms with E-state index in [0.717, 1.165) is 70.6 Å². The molecular formula is C48H91NO5. The number of unbranched alkanes of at least 4 members (excludes halogenated alkanes) is 28. The summed E-state index contributed by atoms with van der Waals surface area (Å²) >= 11 is 0. The van der Waals surface area contributed by atoms with Gasteiger partial charge in [-0.1, -0.05) is 179 Å². The van der Waals surface area contributed by atoms with Gasteiger partial charge in [-0.2, -0.15) is 0 Å². The van der Waals surface area contributed by atoms with Crippen molar-refractivity contribution in [3.05, 3.63) is 24.3 Å². The summed E-state index contributed by atoms with van der Waals surface area (Å²) in [7, 11) is 0. The van der Waals surface area contributed by atoms with Crippen LogP contribution in [0.3, 0.4) is 0 Å². The van der Waals surface area contributed by atoms with Gasteiger partial charge in [0.05, 0.1) is 25.4 Å². The summed E-state index contributed by atoms with van der Waals surface area (Å²) in [5.41, 5.74) is 0. The molecule has 2 atom stereocenters. The minimum atomic E-state index is -0.679. The zero-order chi connectivity index (χ0) is 39.4. The maximum atomic E-state index is 12.4. The first-order valence-electron chi connectivity index (χ1n) is 23.6. The molecule has 0 heterocycles. The van der Waals surface area contributed by atoms with Gasteiger partial charge in [-0.05, 0) is 77.0 Å². The first-order valence-corrected chi connectivity index (χ1v) is 23.6. The van der Waals surface area contributed by atoms with Crippen molar-refractivity contribution < 1.29 is 24.5 Å². The van der Waals surface area contributed by atoms with Gasteiger partial charge < -0.3 is 20.3 Å². The van der Waals surface area contributed by atoms with Crippen molar-refractivity contribution in [1.82, 2.24) is 5.32 Å². The van der Waals surface area contributed by atoms with Gasteiger partial charge in [-0.25, -0.2) is 0 Å². The molecule has 0 aliphatic heterocycles. The third kappa shape index (κ3) is 40.0. The van der Waals surface area contributed by atoms with E-state index in [-0.39, 0.29) is 18.5 Å². The van der Waals surface area contributed by atoms with E-state index in [2.05, 4.69) is 43.5 Å². The van der Waals surface area contributed by atoms with Crippen molar-refractivity contribution in [2.75, 3.05) is 13.2 Å². The molecule has 0 aliphatic carbocycles. The van der Waals surface area contributed by atoms with Gasteiger partial charge in [0.1, 0.15) is 0 Å². The van der Waals surface area contributed by atoms with Crippen LogP contribution in [0, 0.1) is 0 Å². The lowest BCUT2D eigenvalue weighted by Crippen LogP contribution is -2.45. The number of hydrogen-bond donors (Lipinski definition) is 3. The van der Waals surface area contributed by atoms with Crippen molar-refractivity contribution in [2.24, 2.45) is 0 Å². The Hall–Kier alpha value is -1.66. The number of aliphatic hydroxyl groups is 2. The van der Waals surface area contributed by atoms with E-state index in [1.807, 2.05) is 0 Å². The summed E-state index contributed by atoms with van der Waals surface area (Å²) in [6.07, 6.45) is 49.9. The lowest BCUT2D eigenvalue weighted by atomic mass is 10.0. The predicted molar refractivity (Wildman–Crippen MR) is 232 cm³/mol. The average Bonchev–Trinajstić information content (AvgIpc) is 3.17. The van der Waals surface area contributed by atoms with Crippen LogP contribution in [0.15, 0.2) is 24.3 Å². The van der Waals surface area contributed by atoms with Gasteiger partial charge in [-0.3, -0.25) is 9.59 Å². The van der Waals surface area contributed by atoms with Crippen molar-refractivity contribution in [3.63, 3.8) is 0 Å². The zero-order valence-corrected chi connectivity index (χ0v) is 36.0. The zero-order valence-electron chi connectivity index (χ0n) is 36.0. The highest BCUT2D eigenvalue weighted by atomic mass is 16.5. The van der Waals surface area contributed by atoms with Crippen molar-refractivity contribution >= 4 is 11.9 Å². The molecule has 1 amide bonds. The molecule has 0 bridgehead atoms. The highest BCUT2D eigenvalue weighted by molar-refractivity contribution is 5.76. The van der Waals surface area contributed by atoms with Crippen molar-refractivity contribution in [1.29, 1.82) is 0 Å². The third-order valence-electron chi connectivity index (χ3n) is 10.7. The minimum Gasteiger partial charge on any atom is -0.466 e. The molecule has 54 heavy (non-hydrogen) atoms. The van der Waals surface area contributed by atoms with Crippen LogP contribution >= 0.6 is 0 Å². The number of aliphatic hydroxyl groups excluding tert-OH is 2. The maximum Gasteiger partial charge on any atom is 0.305 e. The van der Waals surface area contributed by atoms with Gasteiger partial charge in [0.2, 0.25) is 5.91 Å². The number of ether oxygens (including phenoxy) is 1. The van der Waals surface area contributed by atoms with E-state index < -0.39 is 12.1 Å². The smallest absolute Gasteiger partial charge is 0.305 e. The average molecular weight is 762 g/mol. The fraction of sp³-hybridized carbons (Fsp3) is 0.875. The highest BCUT2D eigenvalue weighted by Gasteiger charge is 2.20. The number of hydrogen-bond acceptors (Lipinski definition) is 5. The summed E-state index contributed by atoms with van der Waals surface area (Å²) in [6, 6.07) is -0.559. The SMILES string of the molecule is CCCCCCC/C=C\CCCCCCCC(=O)OCCCCCCCC/C=C\CCCCCC(=O)NC(CO)C(O)CCCCCCCCCCCC. The molecule has 0 rings (SSSR count). The van der Waals surface area contributed by atoms with Crippen LogP contribution in [0.1, 0.15) is 245 Å². The Kier molecular flexibility index (Phi) is 42.7. The van der Waals surface area contributed by atoms with Crippen LogP contribution in [0.2, 0.25) is 0 Å². The fourth-order valence-electron chi connectivity index (χ4n) is 7.04. The van der Waals surface area contributed by atoms with Gasteiger partial charge in [0, 0.05) is 12.8 Å². The Morgan fingerprint density at radius 2 is 0.870 bits per heavy atom. The van der Waals surface area contributed by atoms with Crippen molar-refractivity contribution in [3.8, 4) is 0 Å². The molecule has 0 aromatic heterocycles. The Bertz CT molecular complexity index is 843. The number of rotatable bonds is 43. The summed E-state index contributed by atoms with van der Waals surface area (Å²) in [5.74, 6) is -0.0899. The molecular weight excluding hydrogens is 671 g/mol. The van der Waals surface area contributed by atoms with E-state index in [9.17, 15) is 19.8 Å². The van der Waals surface area contributed by atoms with Gasteiger partial charge in [0.25, 0.3) is 0 Å². The predicted octanol–water partition coefficient (Wildman–Crippen LogP) is 13.6. The monoisotopic (exact) mass is 762 g/mol. The number of nitrogens with one attached hydrogen (secondary N) is 1. The molecule has 6 heteroatoms. The largest absolute Gasteiger partial charge is 0.466 e. The van der Waals surface area contributed by atoms with E-state index in [1.165, 1.54) is 141 Å². The molecule has 3 N–H and O–H groups in total.